The fourth-order valence-corrected chi connectivity index (χ4v) is 4.52. The Morgan fingerprint density at radius 1 is 0.971 bits per heavy atom. The fourth-order valence-electron chi connectivity index (χ4n) is 4.52. The van der Waals surface area contributed by atoms with Gasteiger partial charge in [0.2, 0.25) is 0 Å². The normalized spacial score (nSPS) is 17.0. The summed E-state index contributed by atoms with van der Waals surface area (Å²) < 4.78 is 5.52. The average molecular weight is 472 g/mol. The number of nitrogens with zero attached hydrogens (tertiary/aromatic N) is 1. The lowest BCUT2D eigenvalue weighted by atomic mass is 9.93. The number of ether oxygens (including phenoxy) is 1. The third-order valence-corrected chi connectivity index (χ3v) is 6.09. The van der Waals surface area contributed by atoms with Gasteiger partial charge in [-0.1, -0.05) is 48.5 Å². The first-order chi connectivity index (χ1) is 16.7. The van der Waals surface area contributed by atoms with Gasteiger partial charge in [0.05, 0.1) is 29.9 Å². The topological polar surface area (TPSA) is 104 Å². The van der Waals surface area contributed by atoms with Gasteiger partial charge in [-0.25, -0.2) is 4.79 Å². The van der Waals surface area contributed by atoms with Crippen molar-refractivity contribution in [3.8, 4) is 5.75 Å². The Morgan fingerprint density at radius 2 is 1.63 bits per heavy atom. The van der Waals surface area contributed by atoms with Crippen molar-refractivity contribution in [1.82, 2.24) is 4.90 Å². The van der Waals surface area contributed by atoms with E-state index in [1.807, 2.05) is 26.0 Å². The van der Waals surface area contributed by atoms with Crippen molar-refractivity contribution in [1.29, 1.82) is 0 Å². The van der Waals surface area contributed by atoms with Gasteiger partial charge in [-0.2, -0.15) is 0 Å². The summed E-state index contributed by atoms with van der Waals surface area (Å²) in [6.45, 7) is 3.78. The molecule has 0 radical (unpaired) electrons. The summed E-state index contributed by atoms with van der Waals surface area (Å²) in [7, 11) is 1.49. The zero-order valence-corrected chi connectivity index (χ0v) is 19.6. The molecule has 7 nitrogen and oxygen atoms in total. The Labute approximate surface area is 202 Å². The van der Waals surface area contributed by atoms with Crippen molar-refractivity contribution in [2.24, 2.45) is 0 Å². The quantitative estimate of drug-likeness (QED) is 0.309. The standard InChI is InChI=1S/C28H25NO6/c1-16-13-17(2)26(35-3)21(14-16)24(30)22-23(19-7-5-4-6-8-19)29(27(32)25(22)31)15-18-9-11-20(12-10-18)28(33)34/h4-14,23,30H,15H2,1-3H3,(H,33,34)/b24-22+. The van der Waals surface area contributed by atoms with Crippen molar-refractivity contribution in [3.63, 3.8) is 0 Å². The number of carboxylic acids is 1. The lowest BCUT2D eigenvalue weighted by Gasteiger charge is -2.25. The van der Waals surface area contributed by atoms with Crippen LogP contribution in [-0.4, -0.2) is 39.9 Å². The molecule has 0 aliphatic carbocycles. The van der Waals surface area contributed by atoms with Crippen LogP contribution < -0.4 is 4.74 Å². The van der Waals surface area contributed by atoms with Crippen molar-refractivity contribution >= 4 is 23.4 Å². The summed E-state index contributed by atoms with van der Waals surface area (Å²) in [4.78, 5) is 39.1. The Bertz CT molecular complexity index is 1340. The van der Waals surface area contributed by atoms with E-state index in [9.17, 15) is 19.5 Å². The van der Waals surface area contributed by atoms with Crippen LogP contribution in [0.25, 0.3) is 5.76 Å². The molecule has 1 heterocycles. The highest BCUT2D eigenvalue weighted by Crippen LogP contribution is 2.42. The molecule has 0 spiro atoms. The van der Waals surface area contributed by atoms with E-state index in [-0.39, 0.29) is 23.4 Å². The number of rotatable bonds is 6. The molecule has 3 aromatic rings. The molecular formula is C28H25NO6. The number of hydrogen-bond acceptors (Lipinski definition) is 5. The molecule has 0 aromatic heterocycles. The summed E-state index contributed by atoms with van der Waals surface area (Å²) in [5.74, 6) is -2.46. The van der Waals surface area contributed by atoms with Crippen LogP contribution in [0.3, 0.4) is 0 Å². The molecular weight excluding hydrogens is 446 g/mol. The van der Waals surface area contributed by atoms with Crippen molar-refractivity contribution in [2.45, 2.75) is 26.4 Å². The van der Waals surface area contributed by atoms with Crippen LogP contribution in [0.5, 0.6) is 5.75 Å². The van der Waals surface area contributed by atoms with Gasteiger partial charge >= 0.3 is 5.97 Å². The molecule has 1 fully saturated rings. The highest BCUT2D eigenvalue weighted by molar-refractivity contribution is 6.46. The molecule has 178 valence electrons. The minimum atomic E-state index is -1.05. The van der Waals surface area contributed by atoms with Gasteiger partial charge in [-0.05, 0) is 54.3 Å². The fraction of sp³-hybridized carbons (Fsp3) is 0.179. The molecule has 1 aliphatic heterocycles. The molecule has 1 unspecified atom stereocenters. The van der Waals surface area contributed by atoms with E-state index >= 15 is 0 Å². The van der Waals surface area contributed by atoms with E-state index in [0.29, 0.717) is 22.4 Å². The van der Waals surface area contributed by atoms with Crippen LogP contribution in [0.15, 0.2) is 72.3 Å². The highest BCUT2D eigenvalue weighted by atomic mass is 16.5. The van der Waals surface area contributed by atoms with Gasteiger partial charge in [-0.15, -0.1) is 0 Å². The number of aliphatic hydroxyl groups excluding tert-OH is 1. The van der Waals surface area contributed by atoms with E-state index in [0.717, 1.165) is 11.1 Å². The van der Waals surface area contributed by atoms with Crippen LogP contribution in [0.4, 0.5) is 0 Å². The first kappa shape index (κ1) is 23.8. The maximum atomic E-state index is 13.3. The minimum absolute atomic E-state index is 0.0216. The van der Waals surface area contributed by atoms with E-state index in [2.05, 4.69) is 0 Å². The minimum Gasteiger partial charge on any atom is -0.507 e. The first-order valence-corrected chi connectivity index (χ1v) is 11.0. The third-order valence-electron chi connectivity index (χ3n) is 6.09. The van der Waals surface area contributed by atoms with Crippen molar-refractivity contribution < 1.29 is 29.3 Å². The Morgan fingerprint density at radius 3 is 2.23 bits per heavy atom. The maximum Gasteiger partial charge on any atom is 0.335 e. The number of Topliss-reactive ketones (excluding diaryl/α,β-unsaturated/α-hetero) is 1. The SMILES string of the molecule is COc1c(C)cc(C)cc1/C(O)=C1\C(=O)C(=O)N(Cc2ccc(C(=O)O)cc2)C1c1ccccc1. The Kier molecular flexibility index (Phi) is 6.42. The molecule has 3 aromatic carbocycles. The summed E-state index contributed by atoms with van der Waals surface area (Å²) in [5.41, 5.74) is 3.42. The van der Waals surface area contributed by atoms with Crippen molar-refractivity contribution in [2.75, 3.05) is 7.11 Å². The molecule has 7 heteroatoms. The number of aromatic carboxylic acids is 1. The van der Waals surface area contributed by atoms with E-state index < -0.39 is 23.7 Å². The predicted molar refractivity (Wildman–Crippen MR) is 130 cm³/mol. The molecule has 35 heavy (non-hydrogen) atoms. The number of methoxy groups -OCH3 is 1. The molecule has 1 aliphatic rings. The summed E-state index contributed by atoms with van der Waals surface area (Å²) >= 11 is 0. The molecule has 4 rings (SSSR count). The monoisotopic (exact) mass is 471 g/mol. The van der Waals surface area contributed by atoms with E-state index in [4.69, 9.17) is 9.84 Å². The number of aliphatic hydroxyl groups is 1. The number of carboxylic acid groups (broad SMARTS) is 1. The molecule has 0 saturated carbocycles. The lowest BCUT2D eigenvalue weighted by molar-refractivity contribution is -0.140. The number of carbonyl (C=O) groups excluding carboxylic acids is 2. The second kappa shape index (κ2) is 9.46. The van der Waals surface area contributed by atoms with Crippen molar-refractivity contribution in [3.05, 3.63) is 106 Å². The molecule has 0 bridgehead atoms. The molecule has 1 atom stereocenters. The summed E-state index contributed by atoms with van der Waals surface area (Å²) in [5, 5.41) is 20.6. The number of carbonyl (C=O) groups is 3. The largest absolute Gasteiger partial charge is 0.507 e. The van der Waals surface area contributed by atoms with Crippen LogP contribution in [0, 0.1) is 13.8 Å². The number of amides is 1. The number of ketones is 1. The van der Waals surface area contributed by atoms with Gasteiger partial charge in [0.1, 0.15) is 11.5 Å². The van der Waals surface area contributed by atoms with Crippen LogP contribution in [0.1, 0.15) is 44.2 Å². The molecule has 1 saturated heterocycles. The Hall–Kier alpha value is -4.39. The first-order valence-electron chi connectivity index (χ1n) is 11.0. The Balaban J connectivity index is 1.87. The highest BCUT2D eigenvalue weighted by Gasteiger charge is 2.46. The number of benzene rings is 3. The zero-order chi connectivity index (χ0) is 25.3. The summed E-state index contributed by atoms with van der Waals surface area (Å²) in [6, 6.07) is 17.9. The van der Waals surface area contributed by atoms with Gasteiger partial charge in [0, 0.05) is 6.54 Å². The number of hydrogen-bond donors (Lipinski definition) is 2. The maximum absolute atomic E-state index is 13.3. The smallest absolute Gasteiger partial charge is 0.335 e. The number of likely N-dealkylation sites (tertiary alicyclic amines) is 1. The van der Waals surface area contributed by atoms with E-state index in [1.54, 1.807) is 42.5 Å². The molecule has 2 N–H and O–H groups in total. The van der Waals surface area contributed by atoms with Crippen LogP contribution in [0.2, 0.25) is 0 Å². The second-order valence-electron chi connectivity index (χ2n) is 8.50. The average Bonchev–Trinajstić information content (AvgIpc) is 3.09. The number of aryl methyl sites for hydroxylation is 2. The van der Waals surface area contributed by atoms with Gasteiger partial charge in [0.15, 0.2) is 0 Å². The van der Waals surface area contributed by atoms with E-state index in [1.165, 1.54) is 24.1 Å². The molecule has 1 amide bonds. The zero-order valence-electron chi connectivity index (χ0n) is 19.6. The third kappa shape index (κ3) is 4.40. The van der Waals surface area contributed by atoms with Crippen LogP contribution in [-0.2, 0) is 16.1 Å². The second-order valence-corrected chi connectivity index (χ2v) is 8.50. The van der Waals surface area contributed by atoms with Gasteiger partial charge in [0.25, 0.3) is 11.7 Å². The lowest BCUT2D eigenvalue weighted by Crippen LogP contribution is -2.29. The van der Waals surface area contributed by atoms with Gasteiger partial charge < -0.3 is 19.8 Å². The predicted octanol–water partition coefficient (Wildman–Crippen LogP) is 4.63. The van der Waals surface area contributed by atoms with Crippen LogP contribution >= 0.6 is 0 Å². The van der Waals surface area contributed by atoms with Gasteiger partial charge in [-0.3, -0.25) is 9.59 Å². The summed E-state index contributed by atoms with van der Waals surface area (Å²) in [6.07, 6.45) is 0.